The molecule has 0 spiro atoms. The second kappa shape index (κ2) is 9.85. The van der Waals surface area contributed by atoms with E-state index in [4.69, 9.17) is 16.3 Å². The molecule has 1 N–H and O–H groups in total. The molecule has 34 heavy (non-hydrogen) atoms. The van der Waals surface area contributed by atoms with Gasteiger partial charge in [-0.15, -0.1) is 11.3 Å². The third kappa shape index (κ3) is 5.25. The van der Waals surface area contributed by atoms with Gasteiger partial charge in [-0.1, -0.05) is 23.7 Å². The lowest BCUT2D eigenvalue weighted by Gasteiger charge is -2.27. The minimum Gasteiger partial charge on any atom is -0.442 e. The maximum Gasteiger partial charge on any atom is 0.414 e. The summed E-state index contributed by atoms with van der Waals surface area (Å²) < 4.78 is 6.06. The number of ether oxygens (including phenoxy) is 1. The second-order valence-electron chi connectivity index (χ2n) is 9.69. The van der Waals surface area contributed by atoms with Gasteiger partial charge in [0.05, 0.1) is 22.3 Å². The van der Waals surface area contributed by atoms with E-state index in [1.807, 2.05) is 12.1 Å². The summed E-state index contributed by atoms with van der Waals surface area (Å²) in [6.07, 6.45) is 2.91. The van der Waals surface area contributed by atoms with Crippen LogP contribution in [0.5, 0.6) is 0 Å². The number of anilines is 1. The molecule has 3 heterocycles. The highest BCUT2D eigenvalue weighted by Gasteiger charge is 2.45. The predicted octanol–water partition coefficient (Wildman–Crippen LogP) is 3.83. The van der Waals surface area contributed by atoms with Gasteiger partial charge in [0.25, 0.3) is 5.91 Å². The van der Waals surface area contributed by atoms with Crippen LogP contribution in [0.3, 0.4) is 0 Å². The van der Waals surface area contributed by atoms with Crippen LogP contribution in [0.4, 0.5) is 10.5 Å². The summed E-state index contributed by atoms with van der Waals surface area (Å²) in [7, 11) is 2.21. The molecule has 1 saturated carbocycles. The van der Waals surface area contributed by atoms with Crippen molar-refractivity contribution in [2.24, 2.45) is 0 Å². The van der Waals surface area contributed by atoms with E-state index in [0.29, 0.717) is 15.8 Å². The van der Waals surface area contributed by atoms with Gasteiger partial charge < -0.3 is 19.9 Å². The third-order valence-electron chi connectivity index (χ3n) is 7.14. The molecule has 7 nitrogen and oxygen atoms in total. The maximum atomic E-state index is 12.5. The number of carbonyl (C=O) groups is 2. The van der Waals surface area contributed by atoms with Crippen molar-refractivity contribution in [3.05, 3.63) is 51.2 Å². The predicted molar refractivity (Wildman–Crippen MR) is 135 cm³/mol. The van der Waals surface area contributed by atoms with Crippen molar-refractivity contribution in [1.82, 2.24) is 15.1 Å². The molecule has 3 aliphatic rings. The van der Waals surface area contributed by atoms with E-state index >= 15 is 0 Å². The standard InChI is InChI=1S/C25H31ClN4O3S/c1-28-11-2-12-29(14-13-28)17-25(9-10-25)18-3-5-19(6-4-18)30-16-20(33-24(30)32)15-27-23(31)21-7-8-22(26)34-21/h3-8,20H,2,9-17H2,1H3,(H,27,31). The molecule has 1 unspecified atom stereocenters. The molecule has 0 bridgehead atoms. The van der Waals surface area contributed by atoms with Crippen molar-refractivity contribution in [3.63, 3.8) is 0 Å². The van der Waals surface area contributed by atoms with Gasteiger partial charge in [0.15, 0.2) is 0 Å². The molecule has 1 aliphatic carbocycles. The zero-order valence-electron chi connectivity index (χ0n) is 19.5. The van der Waals surface area contributed by atoms with Crippen LogP contribution < -0.4 is 10.2 Å². The summed E-state index contributed by atoms with van der Waals surface area (Å²) in [4.78, 5) is 32.0. The number of thiophene rings is 1. The number of hydrogen-bond acceptors (Lipinski definition) is 6. The minimum absolute atomic E-state index is 0.207. The van der Waals surface area contributed by atoms with Crippen LogP contribution in [0.1, 0.15) is 34.5 Å². The molecular formula is C25H31ClN4O3S. The van der Waals surface area contributed by atoms with Crippen LogP contribution in [0.25, 0.3) is 0 Å². The topological polar surface area (TPSA) is 65.1 Å². The summed E-state index contributed by atoms with van der Waals surface area (Å²) in [5.41, 5.74) is 2.45. The maximum absolute atomic E-state index is 12.5. The number of nitrogens with zero attached hydrogens (tertiary/aromatic N) is 3. The Hall–Kier alpha value is -2.13. The van der Waals surface area contributed by atoms with E-state index in [1.54, 1.807) is 17.0 Å². The summed E-state index contributed by atoms with van der Waals surface area (Å²) in [6.45, 7) is 6.41. The van der Waals surface area contributed by atoms with Gasteiger partial charge in [-0.3, -0.25) is 9.69 Å². The van der Waals surface area contributed by atoms with Gasteiger partial charge in [-0.05, 0) is 69.2 Å². The molecule has 9 heteroatoms. The number of nitrogens with one attached hydrogen (secondary N) is 1. The fourth-order valence-corrected chi connectivity index (χ4v) is 5.90. The van der Waals surface area contributed by atoms with Crippen molar-refractivity contribution in [2.45, 2.75) is 30.8 Å². The van der Waals surface area contributed by atoms with Gasteiger partial charge in [-0.2, -0.15) is 0 Å². The lowest BCUT2D eigenvalue weighted by Crippen LogP contribution is -2.35. The van der Waals surface area contributed by atoms with Crippen LogP contribution in [0.15, 0.2) is 36.4 Å². The minimum atomic E-state index is -0.387. The van der Waals surface area contributed by atoms with E-state index in [9.17, 15) is 9.59 Å². The van der Waals surface area contributed by atoms with Crippen molar-refractivity contribution in [3.8, 4) is 0 Å². The number of amides is 2. The van der Waals surface area contributed by atoms with Crippen molar-refractivity contribution in [2.75, 3.05) is 57.8 Å². The molecular weight excluding hydrogens is 472 g/mol. The number of rotatable bonds is 7. The Balaban J connectivity index is 1.16. The molecule has 2 aliphatic heterocycles. The summed E-state index contributed by atoms with van der Waals surface area (Å²) in [5.74, 6) is -0.207. The van der Waals surface area contributed by atoms with Gasteiger partial charge in [-0.25, -0.2) is 4.79 Å². The van der Waals surface area contributed by atoms with Crippen molar-refractivity contribution >= 4 is 40.6 Å². The first-order chi connectivity index (χ1) is 16.4. The third-order valence-corrected chi connectivity index (χ3v) is 8.37. The van der Waals surface area contributed by atoms with Crippen LogP contribution >= 0.6 is 22.9 Å². The van der Waals surface area contributed by atoms with Crippen molar-refractivity contribution < 1.29 is 14.3 Å². The molecule has 1 aromatic carbocycles. The molecule has 1 atom stereocenters. The zero-order chi connectivity index (χ0) is 23.7. The van der Waals surface area contributed by atoms with Crippen LogP contribution in [-0.2, 0) is 10.2 Å². The van der Waals surface area contributed by atoms with Crippen LogP contribution in [0, 0.1) is 0 Å². The van der Waals surface area contributed by atoms with E-state index in [0.717, 1.165) is 25.3 Å². The van der Waals surface area contributed by atoms with Gasteiger partial charge in [0.2, 0.25) is 0 Å². The summed E-state index contributed by atoms with van der Waals surface area (Å²) in [6, 6.07) is 11.8. The molecule has 2 aromatic rings. The Kier molecular flexibility index (Phi) is 6.84. The molecule has 5 rings (SSSR count). The summed E-state index contributed by atoms with van der Waals surface area (Å²) >= 11 is 7.13. The molecule has 0 radical (unpaired) electrons. The molecule has 2 amide bonds. The first kappa shape index (κ1) is 23.6. The Labute approximate surface area is 209 Å². The Morgan fingerprint density at radius 3 is 2.65 bits per heavy atom. The smallest absolute Gasteiger partial charge is 0.414 e. The Bertz CT molecular complexity index is 1040. The number of cyclic esters (lactones) is 1. The normalized spacial score (nSPS) is 22.9. The summed E-state index contributed by atoms with van der Waals surface area (Å²) in [5, 5.41) is 2.83. The highest BCUT2D eigenvalue weighted by molar-refractivity contribution is 7.18. The Morgan fingerprint density at radius 2 is 1.94 bits per heavy atom. The van der Waals surface area contributed by atoms with Crippen LogP contribution in [-0.4, -0.2) is 80.8 Å². The molecule has 1 aromatic heterocycles. The van der Waals surface area contributed by atoms with Gasteiger partial charge >= 0.3 is 6.09 Å². The van der Waals surface area contributed by atoms with Gasteiger partial charge in [0.1, 0.15) is 6.10 Å². The SMILES string of the molecule is CN1CCCN(CC2(c3ccc(N4CC(CNC(=O)c5ccc(Cl)s5)OC4=O)cc3)CC2)CC1. The van der Waals surface area contributed by atoms with Gasteiger partial charge in [0, 0.05) is 30.7 Å². The lowest BCUT2D eigenvalue weighted by molar-refractivity contribution is 0.0920. The average Bonchev–Trinajstić information content (AvgIpc) is 3.40. The molecule has 3 fully saturated rings. The van der Waals surface area contributed by atoms with E-state index in [-0.39, 0.29) is 30.1 Å². The first-order valence-electron chi connectivity index (χ1n) is 11.9. The second-order valence-corrected chi connectivity index (χ2v) is 11.4. The largest absolute Gasteiger partial charge is 0.442 e. The number of benzene rings is 1. The monoisotopic (exact) mass is 502 g/mol. The lowest BCUT2D eigenvalue weighted by atomic mass is 9.94. The molecule has 182 valence electrons. The van der Waals surface area contributed by atoms with Crippen molar-refractivity contribution in [1.29, 1.82) is 0 Å². The fraction of sp³-hybridized carbons (Fsp3) is 0.520. The highest BCUT2D eigenvalue weighted by Crippen LogP contribution is 2.49. The number of likely N-dealkylation sites (N-methyl/N-ethyl adjacent to an activating group) is 1. The van der Waals surface area contributed by atoms with E-state index in [1.165, 1.54) is 49.3 Å². The number of carbonyl (C=O) groups excluding carboxylic acids is 2. The fourth-order valence-electron chi connectivity index (χ4n) is 4.94. The quantitative estimate of drug-likeness (QED) is 0.623. The number of halogens is 1. The van der Waals surface area contributed by atoms with Crippen LogP contribution in [0.2, 0.25) is 4.34 Å². The average molecular weight is 503 g/mol. The molecule has 2 saturated heterocycles. The van der Waals surface area contributed by atoms with E-state index in [2.05, 4.69) is 34.3 Å². The van der Waals surface area contributed by atoms with E-state index < -0.39 is 0 Å². The Morgan fingerprint density at radius 1 is 1.15 bits per heavy atom. The number of hydrogen-bond donors (Lipinski definition) is 1. The first-order valence-corrected chi connectivity index (χ1v) is 13.1. The zero-order valence-corrected chi connectivity index (χ0v) is 21.0. The highest BCUT2D eigenvalue weighted by atomic mass is 35.5.